The number of carbonyl (C=O) groups is 1. The van der Waals surface area contributed by atoms with Gasteiger partial charge < -0.3 is 9.52 Å². The molecule has 0 aliphatic heterocycles. The summed E-state index contributed by atoms with van der Waals surface area (Å²) in [6.45, 7) is 0.0548. The van der Waals surface area contributed by atoms with E-state index in [0.29, 0.717) is 22.6 Å². The molecule has 2 aromatic carbocycles. The van der Waals surface area contributed by atoms with Crippen molar-refractivity contribution in [3.05, 3.63) is 108 Å². The lowest BCUT2D eigenvalue weighted by atomic mass is 10.1. The summed E-state index contributed by atoms with van der Waals surface area (Å²) in [7, 11) is -3.89. The number of hydrogen-bond acceptors (Lipinski definition) is 5. The predicted octanol–water partition coefficient (Wildman–Crippen LogP) is 4.36. The zero-order valence-electron chi connectivity index (χ0n) is 17.7. The second-order valence-electron chi connectivity index (χ2n) is 7.48. The highest BCUT2D eigenvalue weighted by atomic mass is 32.2. The van der Waals surface area contributed by atoms with E-state index in [9.17, 15) is 13.2 Å². The smallest absolute Gasteiger partial charge is 0.307 e. The van der Waals surface area contributed by atoms with Crippen LogP contribution in [0.1, 0.15) is 16.9 Å². The number of aliphatic carboxylic acids is 1. The summed E-state index contributed by atoms with van der Waals surface area (Å²) >= 11 is 0. The van der Waals surface area contributed by atoms with Crippen molar-refractivity contribution in [2.45, 2.75) is 24.4 Å². The molecule has 0 saturated carbocycles. The minimum Gasteiger partial charge on any atom is -0.481 e. The van der Waals surface area contributed by atoms with Crippen LogP contribution in [-0.2, 0) is 34.3 Å². The molecule has 0 aliphatic rings. The summed E-state index contributed by atoms with van der Waals surface area (Å²) in [4.78, 5) is 15.1. The van der Waals surface area contributed by atoms with E-state index in [-0.39, 0.29) is 24.4 Å². The van der Waals surface area contributed by atoms with Crippen molar-refractivity contribution >= 4 is 16.0 Å². The molecule has 0 unspecified atom stereocenters. The minimum atomic E-state index is -3.89. The van der Waals surface area contributed by atoms with Gasteiger partial charge in [0.25, 0.3) is 0 Å². The Bertz CT molecular complexity index is 1340. The molecule has 2 heterocycles. The fraction of sp³-hybridized carbons (Fsp3) is 0.120. The van der Waals surface area contributed by atoms with Crippen LogP contribution in [0.15, 0.2) is 101 Å². The first kappa shape index (κ1) is 22.4. The lowest BCUT2D eigenvalue weighted by molar-refractivity contribution is -0.136. The molecule has 7 nitrogen and oxygen atoms in total. The maximum atomic E-state index is 13.4. The highest BCUT2D eigenvalue weighted by Gasteiger charge is 2.26. The molecule has 0 saturated heterocycles. The zero-order valence-corrected chi connectivity index (χ0v) is 18.5. The van der Waals surface area contributed by atoms with E-state index < -0.39 is 16.0 Å². The fourth-order valence-electron chi connectivity index (χ4n) is 3.49. The number of pyridine rings is 1. The highest BCUT2D eigenvalue weighted by molar-refractivity contribution is 7.89. The molecule has 1 N–H and O–H groups in total. The SMILES string of the molecule is O=C(O)Cc1cccc(CN(Cc2ccc(-c3ccccc3)o2)S(=O)(=O)c2cccnc2)c1. The van der Waals surface area contributed by atoms with Crippen LogP contribution < -0.4 is 0 Å². The van der Waals surface area contributed by atoms with Gasteiger partial charge in [-0.2, -0.15) is 4.31 Å². The van der Waals surface area contributed by atoms with E-state index >= 15 is 0 Å². The van der Waals surface area contributed by atoms with Gasteiger partial charge in [0.15, 0.2) is 0 Å². The lowest BCUT2D eigenvalue weighted by Gasteiger charge is -2.21. The van der Waals surface area contributed by atoms with Gasteiger partial charge in [0.05, 0.1) is 13.0 Å². The first-order chi connectivity index (χ1) is 15.9. The second kappa shape index (κ2) is 9.81. The molecule has 0 spiro atoms. The first-order valence-electron chi connectivity index (χ1n) is 10.3. The van der Waals surface area contributed by atoms with Gasteiger partial charge in [0.2, 0.25) is 10.0 Å². The van der Waals surface area contributed by atoms with Crippen molar-refractivity contribution in [2.75, 3.05) is 0 Å². The molecular weight excluding hydrogens is 440 g/mol. The third kappa shape index (κ3) is 5.54. The number of benzene rings is 2. The highest BCUT2D eigenvalue weighted by Crippen LogP contribution is 2.26. The summed E-state index contributed by atoms with van der Waals surface area (Å²) in [5.74, 6) is 0.187. The van der Waals surface area contributed by atoms with E-state index in [2.05, 4.69) is 4.98 Å². The van der Waals surface area contributed by atoms with Gasteiger partial charge in [-0.1, -0.05) is 54.6 Å². The molecule has 2 aromatic heterocycles. The molecule has 0 amide bonds. The first-order valence-corrected chi connectivity index (χ1v) is 11.7. The number of furan rings is 1. The summed E-state index contributed by atoms with van der Waals surface area (Å²) in [5.41, 5.74) is 2.17. The van der Waals surface area contributed by atoms with Crippen LogP contribution in [0.3, 0.4) is 0 Å². The number of hydrogen-bond donors (Lipinski definition) is 1. The average molecular weight is 463 g/mol. The molecule has 168 valence electrons. The molecule has 33 heavy (non-hydrogen) atoms. The quantitative estimate of drug-likeness (QED) is 0.397. The number of rotatable bonds is 9. The van der Waals surface area contributed by atoms with Crippen molar-refractivity contribution in [3.63, 3.8) is 0 Å². The van der Waals surface area contributed by atoms with E-state index in [1.54, 1.807) is 36.4 Å². The monoisotopic (exact) mass is 462 g/mol. The Labute approximate surface area is 192 Å². The summed E-state index contributed by atoms with van der Waals surface area (Å²) < 4.78 is 34.1. The predicted molar refractivity (Wildman–Crippen MR) is 123 cm³/mol. The molecule has 0 aliphatic carbocycles. The van der Waals surface area contributed by atoms with Crippen LogP contribution in [0.5, 0.6) is 0 Å². The van der Waals surface area contributed by atoms with Crippen molar-refractivity contribution in [3.8, 4) is 11.3 Å². The third-order valence-electron chi connectivity index (χ3n) is 5.03. The zero-order chi connectivity index (χ0) is 23.3. The van der Waals surface area contributed by atoms with Gasteiger partial charge in [0.1, 0.15) is 16.4 Å². The van der Waals surface area contributed by atoms with Gasteiger partial charge in [-0.05, 0) is 35.4 Å². The maximum absolute atomic E-state index is 13.4. The summed E-state index contributed by atoms with van der Waals surface area (Å²) in [6, 6.07) is 23.1. The molecule has 8 heteroatoms. The standard InChI is InChI=1S/C25H22N2O5S/c28-25(29)15-19-6-4-7-20(14-19)17-27(33(30,31)23-10-5-13-26-16-23)18-22-11-12-24(32-22)21-8-2-1-3-9-21/h1-14,16H,15,17-18H2,(H,28,29). The van der Waals surface area contributed by atoms with Gasteiger partial charge in [-0.25, -0.2) is 8.42 Å². The maximum Gasteiger partial charge on any atom is 0.307 e. The Kier molecular flexibility index (Phi) is 6.67. The van der Waals surface area contributed by atoms with Crippen molar-refractivity contribution in [1.29, 1.82) is 0 Å². The van der Waals surface area contributed by atoms with Crippen LogP contribution in [0.25, 0.3) is 11.3 Å². The van der Waals surface area contributed by atoms with E-state index in [4.69, 9.17) is 9.52 Å². The minimum absolute atomic E-state index is 0.00716. The van der Waals surface area contributed by atoms with Gasteiger partial charge in [0, 0.05) is 24.5 Å². The lowest BCUT2D eigenvalue weighted by Crippen LogP contribution is -2.30. The molecule has 0 fully saturated rings. The van der Waals surface area contributed by atoms with Crippen LogP contribution in [0.4, 0.5) is 0 Å². The third-order valence-corrected chi connectivity index (χ3v) is 6.81. The normalized spacial score (nSPS) is 11.5. The summed E-state index contributed by atoms with van der Waals surface area (Å²) in [6.07, 6.45) is 2.68. The topological polar surface area (TPSA) is 101 Å². The van der Waals surface area contributed by atoms with Crippen LogP contribution in [-0.4, -0.2) is 28.8 Å². The number of nitrogens with zero attached hydrogens (tertiary/aromatic N) is 2. The van der Waals surface area contributed by atoms with E-state index in [1.807, 2.05) is 36.4 Å². The van der Waals surface area contributed by atoms with Crippen molar-refractivity contribution in [1.82, 2.24) is 9.29 Å². The number of sulfonamides is 1. The van der Waals surface area contributed by atoms with Gasteiger partial charge >= 0.3 is 5.97 Å². The van der Waals surface area contributed by atoms with Crippen molar-refractivity contribution < 1.29 is 22.7 Å². The Morgan fingerprint density at radius 3 is 2.42 bits per heavy atom. The Balaban J connectivity index is 1.65. The molecular formula is C25H22N2O5S. The van der Waals surface area contributed by atoms with Crippen LogP contribution in [0, 0.1) is 0 Å². The van der Waals surface area contributed by atoms with Crippen molar-refractivity contribution in [2.24, 2.45) is 0 Å². The Morgan fingerprint density at radius 2 is 1.70 bits per heavy atom. The van der Waals surface area contributed by atoms with Crippen LogP contribution in [0.2, 0.25) is 0 Å². The number of aromatic nitrogens is 1. The molecule has 4 rings (SSSR count). The molecule has 0 bridgehead atoms. The second-order valence-corrected chi connectivity index (χ2v) is 9.42. The average Bonchev–Trinajstić information content (AvgIpc) is 3.28. The largest absolute Gasteiger partial charge is 0.481 e. The molecule has 0 atom stereocenters. The van der Waals surface area contributed by atoms with E-state index in [0.717, 1.165) is 5.56 Å². The van der Waals surface area contributed by atoms with Crippen LogP contribution >= 0.6 is 0 Å². The van der Waals surface area contributed by atoms with E-state index in [1.165, 1.54) is 22.8 Å². The Morgan fingerprint density at radius 1 is 0.909 bits per heavy atom. The van der Waals surface area contributed by atoms with Gasteiger partial charge in [-0.3, -0.25) is 9.78 Å². The fourth-order valence-corrected chi connectivity index (χ4v) is 4.84. The number of carboxylic acid groups (broad SMARTS) is 1. The Hall–Kier alpha value is -3.75. The number of carboxylic acids is 1. The molecule has 4 aromatic rings. The molecule has 0 radical (unpaired) electrons. The van der Waals surface area contributed by atoms with Gasteiger partial charge in [-0.15, -0.1) is 0 Å². The summed E-state index contributed by atoms with van der Waals surface area (Å²) in [5, 5.41) is 9.08.